The molecule has 24 heavy (non-hydrogen) atoms. The van der Waals surface area contributed by atoms with E-state index in [-0.39, 0.29) is 18.4 Å². The summed E-state index contributed by atoms with van der Waals surface area (Å²) in [6.45, 7) is 2.75. The molecular weight excluding hydrogens is 306 g/mol. The Bertz CT molecular complexity index is 599. The van der Waals surface area contributed by atoms with Crippen LogP contribution < -0.4 is 4.90 Å². The fraction of sp³-hybridized carbons (Fsp3) is 0.611. The first-order valence-electron chi connectivity index (χ1n) is 8.89. The van der Waals surface area contributed by atoms with Gasteiger partial charge in [0.2, 0.25) is 0 Å². The van der Waals surface area contributed by atoms with Crippen molar-refractivity contribution in [1.29, 1.82) is 0 Å². The normalized spacial score (nSPS) is 21.1. The quantitative estimate of drug-likeness (QED) is 0.897. The zero-order chi connectivity index (χ0) is 16.9. The van der Waals surface area contributed by atoms with Crippen LogP contribution in [0.25, 0.3) is 0 Å². The fourth-order valence-electron chi connectivity index (χ4n) is 3.71. The molecule has 2 fully saturated rings. The van der Waals surface area contributed by atoms with Crippen molar-refractivity contribution < 1.29 is 14.7 Å². The summed E-state index contributed by atoms with van der Waals surface area (Å²) in [5.41, 5.74) is 1.53. The van der Waals surface area contributed by atoms with Crippen LogP contribution in [0.3, 0.4) is 0 Å². The van der Waals surface area contributed by atoms with Crippen LogP contribution in [-0.2, 0) is 4.79 Å². The third-order valence-electron chi connectivity index (χ3n) is 5.01. The zero-order valence-electron chi connectivity index (χ0n) is 14.0. The average Bonchev–Trinajstić information content (AvgIpc) is 3.14. The van der Waals surface area contributed by atoms with Crippen molar-refractivity contribution >= 4 is 17.6 Å². The van der Waals surface area contributed by atoms with Crippen molar-refractivity contribution in [2.45, 2.75) is 51.0 Å². The summed E-state index contributed by atoms with van der Waals surface area (Å²) in [6, 6.07) is 3.86. The second kappa shape index (κ2) is 7.64. The number of amides is 1. The van der Waals surface area contributed by atoms with Crippen LogP contribution in [0.4, 0.5) is 5.69 Å². The molecule has 0 aliphatic carbocycles. The lowest BCUT2D eigenvalue weighted by atomic mass is 9.97. The molecule has 1 aromatic heterocycles. The highest BCUT2D eigenvalue weighted by Gasteiger charge is 2.28. The molecule has 2 aliphatic heterocycles. The molecule has 6 heteroatoms. The van der Waals surface area contributed by atoms with Gasteiger partial charge in [-0.25, -0.2) is 0 Å². The number of carboxylic acid groups (broad SMARTS) is 1. The zero-order valence-corrected chi connectivity index (χ0v) is 14.0. The number of carbonyl (C=O) groups is 2. The molecule has 2 aliphatic rings. The third-order valence-corrected chi connectivity index (χ3v) is 5.01. The molecule has 1 atom stereocenters. The number of hydrogen-bond donors (Lipinski definition) is 1. The first kappa shape index (κ1) is 16.7. The largest absolute Gasteiger partial charge is 0.481 e. The average molecular weight is 331 g/mol. The predicted molar refractivity (Wildman–Crippen MR) is 91.2 cm³/mol. The molecule has 1 N–H and O–H groups in total. The third kappa shape index (κ3) is 3.86. The molecule has 0 radical (unpaired) electrons. The summed E-state index contributed by atoms with van der Waals surface area (Å²) in [5, 5.41) is 8.92. The summed E-state index contributed by atoms with van der Waals surface area (Å²) in [5.74, 6) is -0.867. The Labute approximate surface area is 142 Å². The molecule has 0 saturated carbocycles. The summed E-state index contributed by atoms with van der Waals surface area (Å²) < 4.78 is 0. The van der Waals surface area contributed by atoms with Gasteiger partial charge in [0.05, 0.1) is 0 Å². The number of carbonyl (C=O) groups excluding carboxylic acids is 1. The van der Waals surface area contributed by atoms with E-state index in [0.29, 0.717) is 18.7 Å². The number of anilines is 1. The van der Waals surface area contributed by atoms with Gasteiger partial charge in [0.1, 0.15) is 5.69 Å². The minimum absolute atomic E-state index is 0.0135. The highest BCUT2D eigenvalue weighted by atomic mass is 16.4. The second-order valence-electron chi connectivity index (χ2n) is 6.67. The lowest BCUT2D eigenvalue weighted by Crippen LogP contribution is -2.44. The maximum atomic E-state index is 12.9. The monoisotopic (exact) mass is 331 g/mol. The van der Waals surface area contributed by atoms with Crippen molar-refractivity contribution in [3.8, 4) is 0 Å². The first-order chi connectivity index (χ1) is 11.6. The van der Waals surface area contributed by atoms with Gasteiger partial charge in [0.15, 0.2) is 0 Å². The van der Waals surface area contributed by atoms with Crippen LogP contribution in [0, 0.1) is 0 Å². The molecule has 1 unspecified atom stereocenters. The van der Waals surface area contributed by atoms with Crippen molar-refractivity contribution in [2.24, 2.45) is 0 Å². The first-order valence-corrected chi connectivity index (χ1v) is 8.89. The molecule has 0 bridgehead atoms. The molecular formula is C18H25N3O3. The molecule has 130 valence electrons. The van der Waals surface area contributed by atoms with E-state index in [4.69, 9.17) is 5.11 Å². The Morgan fingerprint density at radius 1 is 1.17 bits per heavy atom. The molecule has 2 saturated heterocycles. The second-order valence-corrected chi connectivity index (χ2v) is 6.67. The number of carboxylic acids is 1. The van der Waals surface area contributed by atoms with E-state index in [0.717, 1.165) is 38.0 Å². The molecule has 0 aromatic carbocycles. The van der Waals surface area contributed by atoms with Gasteiger partial charge in [-0.2, -0.15) is 0 Å². The van der Waals surface area contributed by atoms with E-state index < -0.39 is 5.97 Å². The Balaban J connectivity index is 1.73. The molecule has 6 nitrogen and oxygen atoms in total. The lowest BCUT2D eigenvalue weighted by molar-refractivity contribution is -0.137. The SMILES string of the molecule is O=C(O)CCC1CCCCN1C(=O)c1cc(N2CCCC2)ccn1. The Kier molecular flexibility index (Phi) is 5.33. The van der Waals surface area contributed by atoms with Crippen LogP contribution >= 0.6 is 0 Å². The van der Waals surface area contributed by atoms with Gasteiger partial charge in [-0.3, -0.25) is 14.6 Å². The topological polar surface area (TPSA) is 73.7 Å². The van der Waals surface area contributed by atoms with E-state index in [2.05, 4.69) is 9.88 Å². The predicted octanol–water partition coefficient (Wildman–Crippen LogP) is 2.54. The van der Waals surface area contributed by atoms with Crippen molar-refractivity contribution in [2.75, 3.05) is 24.5 Å². The molecule has 3 rings (SSSR count). The van der Waals surface area contributed by atoms with Gasteiger partial charge >= 0.3 is 5.97 Å². The van der Waals surface area contributed by atoms with E-state index in [1.807, 2.05) is 17.0 Å². The number of hydrogen-bond acceptors (Lipinski definition) is 4. The van der Waals surface area contributed by atoms with Crippen LogP contribution in [0.15, 0.2) is 18.3 Å². The van der Waals surface area contributed by atoms with Gasteiger partial charge in [-0.1, -0.05) is 0 Å². The van der Waals surface area contributed by atoms with E-state index in [1.54, 1.807) is 6.20 Å². The van der Waals surface area contributed by atoms with Gasteiger partial charge in [-0.15, -0.1) is 0 Å². The fourth-order valence-corrected chi connectivity index (χ4v) is 3.71. The van der Waals surface area contributed by atoms with Crippen LogP contribution in [-0.4, -0.2) is 52.5 Å². The number of likely N-dealkylation sites (tertiary alicyclic amines) is 1. The molecule has 1 amide bonds. The molecule has 1 aromatic rings. The van der Waals surface area contributed by atoms with E-state index in [1.165, 1.54) is 12.8 Å². The van der Waals surface area contributed by atoms with Crippen LogP contribution in [0.1, 0.15) is 55.4 Å². The number of aliphatic carboxylic acids is 1. The summed E-state index contributed by atoms with van der Waals surface area (Å²) in [4.78, 5) is 32.2. The summed E-state index contributed by atoms with van der Waals surface area (Å²) >= 11 is 0. The van der Waals surface area contributed by atoms with Gasteiger partial charge in [0, 0.05) is 44.0 Å². The van der Waals surface area contributed by atoms with Crippen LogP contribution in [0.2, 0.25) is 0 Å². The lowest BCUT2D eigenvalue weighted by Gasteiger charge is -2.35. The maximum Gasteiger partial charge on any atom is 0.303 e. The number of aromatic nitrogens is 1. The Hall–Kier alpha value is -2.11. The summed E-state index contributed by atoms with van der Waals surface area (Å²) in [6.07, 6.45) is 7.62. The minimum Gasteiger partial charge on any atom is -0.481 e. The standard InChI is InChI=1S/C18H25N3O3/c22-17(23)7-6-14-5-1-2-12-21(14)18(24)16-13-15(8-9-19-16)20-10-3-4-11-20/h8-9,13-14H,1-7,10-12H2,(H,22,23). The van der Waals surface area contributed by atoms with Gasteiger partial charge < -0.3 is 14.9 Å². The number of rotatable bonds is 5. The van der Waals surface area contributed by atoms with Crippen molar-refractivity contribution in [3.63, 3.8) is 0 Å². The number of piperidine rings is 1. The molecule has 0 spiro atoms. The highest BCUT2D eigenvalue weighted by Crippen LogP contribution is 2.25. The van der Waals surface area contributed by atoms with Crippen LogP contribution in [0.5, 0.6) is 0 Å². The van der Waals surface area contributed by atoms with E-state index >= 15 is 0 Å². The van der Waals surface area contributed by atoms with Crippen molar-refractivity contribution in [1.82, 2.24) is 9.88 Å². The minimum atomic E-state index is -0.804. The highest BCUT2D eigenvalue weighted by molar-refractivity contribution is 5.93. The summed E-state index contributed by atoms with van der Waals surface area (Å²) in [7, 11) is 0. The van der Waals surface area contributed by atoms with Gasteiger partial charge in [0.25, 0.3) is 5.91 Å². The Morgan fingerprint density at radius 3 is 2.67 bits per heavy atom. The number of pyridine rings is 1. The smallest absolute Gasteiger partial charge is 0.303 e. The van der Waals surface area contributed by atoms with Crippen molar-refractivity contribution in [3.05, 3.63) is 24.0 Å². The Morgan fingerprint density at radius 2 is 1.92 bits per heavy atom. The van der Waals surface area contributed by atoms with E-state index in [9.17, 15) is 9.59 Å². The van der Waals surface area contributed by atoms with Gasteiger partial charge in [-0.05, 0) is 50.7 Å². The molecule has 3 heterocycles. The maximum absolute atomic E-state index is 12.9. The number of nitrogens with zero attached hydrogens (tertiary/aromatic N) is 3.